The Morgan fingerprint density at radius 3 is 2.00 bits per heavy atom. The summed E-state index contributed by atoms with van der Waals surface area (Å²) in [5.41, 5.74) is 0.176. The van der Waals surface area contributed by atoms with Gasteiger partial charge in [-0.3, -0.25) is 25.1 Å². The monoisotopic (exact) mass is 543 g/mol. The number of urea groups is 1. The zero-order valence-corrected chi connectivity index (χ0v) is 22.7. The van der Waals surface area contributed by atoms with E-state index in [2.05, 4.69) is 10.6 Å². The molecule has 2 aromatic rings. The van der Waals surface area contributed by atoms with Gasteiger partial charge in [0.05, 0.1) is 27.0 Å². The fourth-order valence-corrected chi connectivity index (χ4v) is 2.99. The highest BCUT2D eigenvalue weighted by Crippen LogP contribution is 2.39. The molecule has 0 saturated heterocycles. The largest absolute Gasteiger partial charge is 0.371 e. The first-order chi connectivity index (χ1) is 16.6. The van der Waals surface area contributed by atoms with Gasteiger partial charge in [-0.05, 0) is 42.5 Å². The van der Waals surface area contributed by atoms with Gasteiger partial charge in [0, 0.05) is 30.9 Å². The normalized spacial score (nSPS) is 11.6. The van der Waals surface area contributed by atoms with Crippen LogP contribution in [0.2, 0.25) is 10.0 Å². The number of carbonyl (C=O) groups is 1. The summed E-state index contributed by atoms with van der Waals surface area (Å²) in [6.45, 7) is 9.30. The van der Waals surface area contributed by atoms with Crippen molar-refractivity contribution in [3.63, 3.8) is 0 Å². The average Bonchev–Trinajstić information content (AvgIpc) is 2.80. The summed E-state index contributed by atoms with van der Waals surface area (Å²) in [7, 11) is 2.89. The maximum atomic E-state index is 11.4. The highest BCUT2D eigenvalue weighted by atomic mass is 35.5. The van der Waals surface area contributed by atoms with Gasteiger partial charge in [-0.15, -0.1) is 0 Å². The van der Waals surface area contributed by atoms with Crippen LogP contribution >= 0.6 is 23.2 Å². The lowest BCUT2D eigenvalue weighted by Gasteiger charge is -2.20. The smallest absolute Gasteiger partial charge is 0.345 e. The molecule has 1 unspecified atom stereocenters. The Bertz CT molecular complexity index is 1070. The number of nitrogens with zero attached hydrogens (tertiary/aromatic N) is 3. The van der Waals surface area contributed by atoms with E-state index in [0.717, 1.165) is 5.06 Å². The van der Waals surface area contributed by atoms with Gasteiger partial charge in [0.1, 0.15) is 0 Å². The number of anilines is 2. The minimum Gasteiger partial charge on any atom is -0.371 e. The van der Waals surface area contributed by atoms with E-state index >= 15 is 0 Å². The molecule has 2 amide bonds. The second-order valence-corrected chi connectivity index (χ2v) is 9.66. The van der Waals surface area contributed by atoms with E-state index in [0.29, 0.717) is 27.7 Å². The van der Waals surface area contributed by atoms with Crippen LogP contribution in [0.1, 0.15) is 46.6 Å². The fraction of sp³-hybridized carbons (Fsp3) is 0.435. The number of carbonyl (C=O) groups excluding carboxylic acids is 1. The van der Waals surface area contributed by atoms with Crippen LogP contribution in [-0.2, 0) is 10.3 Å². The molecule has 0 aliphatic heterocycles. The van der Waals surface area contributed by atoms with Crippen molar-refractivity contribution in [2.24, 2.45) is 0 Å². The number of nitro groups is 2. The predicted molar refractivity (Wildman–Crippen MR) is 142 cm³/mol. The third-order valence-corrected chi connectivity index (χ3v) is 5.83. The molecular formula is C23H31Cl2N5O6. The first-order valence-electron chi connectivity index (χ1n) is 10.9. The molecule has 1 atom stereocenters. The summed E-state index contributed by atoms with van der Waals surface area (Å²) in [5, 5.41) is 29.9. The van der Waals surface area contributed by atoms with Crippen LogP contribution in [0.5, 0.6) is 0 Å². The highest BCUT2D eigenvalue weighted by molar-refractivity contribution is 6.42. The number of benzene rings is 2. The van der Waals surface area contributed by atoms with Gasteiger partial charge in [0.2, 0.25) is 0 Å². The standard InChI is InChI=1S/C14H21N3O4.C9H10Cl2N2O2/c1-6-9(2)15-13-11(16(18)19)7-10(14(3,4)5)8-12(13)17(20)21;1-13(15-2)9(14)12-6-3-4-7(10)8(11)5-6/h7-9,15H,6H2,1-5H3;3-5H,1-2H3,(H,12,14). The number of hydroxylamine groups is 2. The van der Waals surface area contributed by atoms with Crippen molar-refractivity contribution in [1.82, 2.24) is 5.06 Å². The van der Waals surface area contributed by atoms with Gasteiger partial charge in [-0.25, -0.2) is 9.86 Å². The maximum Gasteiger partial charge on any atom is 0.345 e. The first kappa shape index (κ1) is 30.9. The lowest BCUT2D eigenvalue weighted by molar-refractivity contribution is -0.392. The van der Waals surface area contributed by atoms with Crippen molar-refractivity contribution < 1.29 is 19.5 Å². The van der Waals surface area contributed by atoms with Gasteiger partial charge in [0.15, 0.2) is 5.69 Å². The Morgan fingerprint density at radius 1 is 1.08 bits per heavy atom. The molecule has 0 aliphatic carbocycles. The van der Waals surface area contributed by atoms with E-state index in [9.17, 15) is 25.0 Å². The number of hydrogen-bond donors (Lipinski definition) is 2. The highest BCUT2D eigenvalue weighted by Gasteiger charge is 2.30. The molecule has 0 saturated carbocycles. The topological polar surface area (TPSA) is 140 Å². The fourth-order valence-electron chi connectivity index (χ4n) is 2.69. The summed E-state index contributed by atoms with van der Waals surface area (Å²) >= 11 is 11.5. The number of nitrogens with one attached hydrogen (secondary N) is 2. The Labute approximate surface area is 220 Å². The van der Waals surface area contributed by atoms with E-state index in [-0.39, 0.29) is 23.1 Å². The third kappa shape index (κ3) is 8.81. The van der Waals surface area contributed by atoms with Crippen molar-refractivity contribution in [3.8, 4) is 0 Å². The number of nitro benzene ring substituents is 2. The molecule has 2 rings (SSSR count). The number of halogens is 2. The lowest BCUT2D eigenvalue weighted by Crippen LogP contribution is -2.30. The molecule has 198 valence electrons. The van der Waals surface area contributed by atoms with Crippen LogP contribution in [0, 0.1) is 20.2 Å². The number of rotatable bonds is 7. The maximum absolute atomic E-state index is 11.4. The van der Waals surface area contributed by atoms with Crippen molar-refractivity contribution in [3.05, 3.63) is 66.2 Å². The summed E-state index contributed by atoms with van der Waals surface area (Å²) in [6, 6.07) is 7.15. The van der Waals surface area contributed by atoms with Crippen LogP contribution in [0.4, 0.5) is 27.5 Å². The average molecular weight is 544 g/mol. The molecule has 0 heterocycles. The quantitative estimate of drug-likeness (QED) is 0.282. The van der Waals surface area contributed by atoms with Crippen molar-refractivity contribution in [2.75, 3.05) is 24.8 Å². The minimum absolute atomic E-state index is 0.0210. The Hall–Kier alpha value is -3.15. The summed E-state index contributed by atoms with van der Waals surface area (Å²) in [4.78, 5) is 37.5. The second-order valence-electron chi connectivity index (χ2n) is 8.85. The molecule has 13 heteroatoms. The molecule has 0 fully saturated rings. The van der Waals surface area contributed by atoms with Crippen molar-refractivity contribution in [1.29, 1.82) is 0 Å². The van der Waals surface area contributed by atoms with Crippen molar-refractivity contribution >= 4 is 52.0 Å². The van der Waals surface area contributed by atoms with Gasteiger partial charge in [-0.1, -0.05) is 50.9 Å². The molecule has 2 aromatic carbocycles. The Kier molecular flexibility index (Phi) is 11.4. The predicted octanol–water partition coefficient (Wildman–Crippen LogP) is 7.03. The summed E-state index contributed by atoms with van der Waals surface area (Å²) < 4.78 is 0. The summed E-state index contributed by atoms with van der Waals surface area (Å²) in [5.74, 6) is 0. The Morgan fingerprint density at radius 2 is 1.61 bits per heavy atom. The number of amides is 2. The van der Waals surface area contributed by atoms with Gasteiger partial charge >= 0.3 is 6.03 Å². The van der Waals surface area contributed by atoms with E-state index in [1.54, 1.807) is 18.2 Å². The molecule has 36 heavy (non-hydrogen) atoms. The SMILES string of the molecule is CCC(C)Nc1c([N+](=O)[O-])cc(C(C)(C)C)cc1[N+](=O)[O-].CON(C)C(=O)Nc1ccc(Cl)c(Cl)c1. The van der Waals surface area contributed by atoms with Crippen LogP contribution in [0.25, 0.3) is 0 Å². The van der Waals surface area contributed by atoms with E-state index < -0.39 is 21.3 Å². The summed E-state index contributed by atoms with van der Waals surface area (Å²) in [6.07, 6.45) is 0.704. The van der Waals surface area contributed by atoms with Gasteiger partial charge in [0.25, 0.3) is 11.4 Å². The lowest BCUT2D eigenvalue weighted by atomic mass is 9.86. The zero-order chi connectivity index (χ0) is 27.8. The first-order valence-corrected chi connectivity index (χ1v) is 11.7. The molecule has 0 bridgehead atoms. The molecular weight excluding hydrogens is 513 g/mol. The molecule has 11 nitrogen and oxygen atoms in total. The van der Waals surface area contributed by atoms with Crippen LogP contribution in [0.15, 0.2) is 30.3 Å². The van der Waals surface area contributed by atoms with Crippen molar-refractivity contribution in [2.45, 2.75) is 52.5 Å². The van der Waals surface area contributed by atoms with E-state index in [1.807, 2.05) is 34.6 Å². The molecule has 0 aliphatic rings. The molecule has 0 spiro atoms. The Balaban J connectivity index is 0.000000381. The third-order valence-electron chi connectivity index (χ3n) is 5.09. The van der Waals surface area contributed by atoms with Crippen LogP contribution in [-0.4, -0.2) is 41.1 Å². The zero-order valence-electron chi connectivity index (χ0n) is 21.2. The van der Waals surface area contributed by atoms with Crippen LogP contribution in [0.3, 0.4) is 0 Å². The minimum atomic E-state index is -0.576. The van der Waals surface area contributed by atoms with E-state index in [1.165, 1.54) is 26.3 Å². The molecule has 2 N–H and O–H groups in total. The molecule has 0 radical (unpaired) electrons. The van der Waals surface area contributed by atoms with Crippen LogP contribution < -0.4 is 10.6 Å². The van der Waals surface area contributed by atoms with Gasteiger partial charge in [-0.2, -0.15) is 0 Å². The van der Waals surface area contributed by atoms with E-state index in [4.69, 9.17) is 28.0 Å². The molecule has 0 aromatic heterocycles. The second kappa shape index (κ2) is 13.2. The van der Waals surface area contributed by atoms with Gasteiger partial charge < -0.3 is 10.6 Å². The number of hydrogen-bond acceptors (Lipinski definition) is 7.